The second-order valence-electron chi connectivity index (χ2n) is 5.48. The van der Waals surface area contributed by atoms with E-state index in [-0.39, 0.29) is 18.0 Å². The van der Waals surface area contributed by atoms with Gasteiger partial charge in [0.05, 0.1) is 12.3 Å². The summed E-state index contributed by atoms with van der Waals surface area (Å²) in [4.78, 5) is 6.34. The van der Waals surface area contributed by atoms with Gasteiger partial charge >= 0.3 is 0 Å². The molecule has 2 aromatic rings. The Morgan fingerprint density at radius 3 is 2.80 bits per heavy atom. The highest BCUT2D eigenvalue weighted by atomic mass is 19.1. The average molecular weight is 278 g/mol. The van der Waals surface area contributed by atoms with E-state index in [4.69, 9.17) is 4.42 Å². The maximum atomic E-state index is 13.2. The molecule has 0 bridgehead atoms. The first-order valence-electron chi connectivity index (χ1n) is 6.45. The highest BCUT2D eigenvalue weighted by molar-refractivity contribution is 5.52. The van der Waals surface area contributed by atoms with Gasteiger partial charge in [-0.05, 0) is 39.1 Å². The smallest absolute Gasteiger partial charge is 0.226 e. The van der Waals surface area contributed by atoms with Crippen LogP contribution in [-0.2, 0) is 6.54 Å². The molecule has 0 atom stereocenters. The van der Waals surface area contributed by atoms with Gasteiger partial charge in [-0.2, -0.15) is 0 Å². The van der Waals surface area contributed by atoms with E-state index >= 15 is 0 Å². The molecule has 0 saturated carbocycles. The van der Waals surface area contributed by atoms with Gasteiger partial charge in [-0.15, -0.1) is 0 Å². The van der Waals surface area contributed by atoms with E-state index in [0.717, 1.165) is 5.69 Å². The van der Waals surface area contributed by atoms with E-state index in [9.17, 15) is 9.50 Å². The first-order valence-corrected chi connectivity index (χ1v) is 6.45. The van der Waals surface area contributed by atoms with Gasteiger partial charge in [0, 0.05) is 17.6 Å². The van der Waals surface area contributed by atoms with Crippen molar-refractivity contribution in [1.29, 1.82) is 0 Å². The van der Waals surface area contributed by atoms with Crippen LogP contribution in [0.5, 0.6) is 0 Å². The largest absolute Gasteiger partial charge is 0.444 e. The number of oxazole rings is 1. The van der Waals surface area contributed by atoms with Crippen molar-refractivity contribution >= 4 is 0 Å². The highest BCUT2D eigenvalue weighted by Crippen LogP contribution is 2.21. The van der Waals surface area contributed by atoms with Crippen molar-refractivity contribution in [3.63, 3.8) is 0 Å². The second kappa shape index (κ2) is 5.73. The van der Waals surface area contributed by atoms with Crippen molar-refractivity contribution in [3.05, 3.63) is 42.0 Å². The number of nitrogens with zero attached hydrogens (tertiary/aromatic N) is 2. The molecule has 0 unspecified atom stereocenters. The van der Waals surface area contributed by atoms with Gasteiger partial charge in [0.2, 0.25) is 5.89 Å². The molecular formula is C15H19FN2O2. The van der Waals surface area contributed by atoms with Gasteiger partial charge in [0.25, 0.3) is 0 Å². The third-order valence-corrected chi connectivity index (χ3v) is 3.44. The minimum absolute atomic E-state index is 0.0537. The normalized spacial score (nSPS) is 12.1. The Balaban J connectivity index is 2.14. The zero-order valence-corrected chi connectivity index (χ0v) is 11.9. The topological polar surface area (TPSA) is 49.5 Å². The van der Waals surface area contributed by atoms with Crippen LogP contribution in [-0.4, -0.2) is 34.2 Å². The fourth-order valence-electron chi connectivity index (χ4n) is 1.71. The Labute approximate surface area is 117 Å². The van der Waals surface area contributed by atoms with Crippen LogP contribution in [0.1, 0.15) is 19.5 Å². The first kappa shape index (κ1) is 14.7. The van der Waals surface area contributed by atoms with Gasteiger partial charge in [0.15, 0.2) is 0 Å². The highest BCUT2D eigenvalue weighted by Gasteiger charge is 2.23. The molecule has 0 fully saturated rings. The number of hydrogen-bond donors (Lipinski definition) is 1. The summed E-state index contributed by atoms with van der Waals surface area (Å²) < 4.78 is 18.6. The van der Waals surface area contributed by atoms with Crippen LogP contribution in [0.25, 0.3) is 11.5 Å². The predicted octanol–water partition coefficient (Wildman–Crippen LogP) is 2.68. The van der Waals surface area contributed by atoms with Crippen molar-refractivity contribution in [3.8, 4) is 11.5 Å². The summed E-state index contributed by atoms with van der Waals surface area (Å²) in [6, 6.07) is 6.14. The maximum Gasteiger partial charge on any atom is 0.226 e. The fourth-order valence-corrected chi connectivity index (χ4v) is 1.71. The molecule has 0 radical (unpaired) electrons. The van der Waals surface area contributed by atoms with E-state index in [1.807, 2.05) is 25.8 Å². The van der Waals surface area contributed by atoms with Crippen molar-refractivity contribution < 1.29 is 13.9 Å². The summed E-state index contributed by atoms with van der Waals surface area (Å²) in [6.07, 6.45) is 1.56. The molecule has 4 nitrogen and oxygen atoms in total. The number of aromatic nitrogens is 1. The number of benzene rings is 1. The van der Waals surface area contributed by atoms with E-state index in [1.54, 1.807) is 18.4 Å². The van der Waals surface area contributed by atoms with Crippen LogP contribution in [0.15, 0.2) is 34.9 Å². The third kappa shape index (κ3) is 3.23. The predicted molar refractivity (Wildman–Crippen MR) is 74.5 cm³/mol. The zero-order valence-electron chi connectivity index (χ0n) is 11.9. The molecule has 1 aromatic carbocycles. The molecule has 1 aromatic heterocycles. The van der Waals surface area contributed by atoms with Crippen LogP contribution < -0.4 is 0 Å². The van der Waals surface area contributed by atoms with Gasteiger partial charge in [0.1, 0.15) is 12.1 Å². The fraction of sp³-hybridized carbons (Fsp3) is 0.400. The standard InChI is InChI=1S/C15H19FN2O2/c1-15(2,10-19)18(3)8-13-9-20-14(17-13)11-5-4-6-12(16)7-11/h4-7,9,19H,8,10H2,1-3H3. The van der Waals surface area contributed by atoms with Crippen molar-refractivity contribution in [2.75, 3.05) is 13.7 Å². The van der Waals surface area contributed by atoms with Crippen molar-refractivity contribution in [2.45, 2.75) is 25.9 Å². The third-order valence-electron chi connectivity index (χ3n) is 3.44. The Kier molecular flexibility index (Phi) is 4.20. The van der Waals surface area contributed by atoms with E-state index in [2.05, 4.69) is 4.98 Å². The lowest BCUT2D eigenvalue weighted by Gasteiger charge is -2.33. The summed E-state index contributed by atoms with van der Waals surface area (Å²) >= 11 is 0. The van der Waals surface area contributed by atoms with Crippen LogP contribution in [0, 0.1) is 5.82 Å². The lowest BCUT2D eigenvalue weighted by molar-refractivity contribution is 0.0724. The molecule has 0 saturated heterocycles. The Bertz CT molecular complexity index is 581. The van der Waals surface area contributed by atoms with Crippen molar-refractivity contribution in [1.82, 2.24) is 9.88 Å². The summed E-state index contributed by atoms with van der Waals surface area (Å²) in [6.45, 7) is 4.49. The molecule has 0 aliphatic rings. The van der Waals surface area contributed by atoms with Gasteiger partial charge in [-0.1, -0.05) is 6.07 Å². The molecule has 2 rings (SSSR count). The van der Waals surface area contributed by atoms with Crippen LogP contribution >= 0.6 is 0 Å². The molecule has 20 heavy (non-hydrogen) atoms. The lowest BCUT2D eigenvalue weighted by Crippen LogP contribution is -2.43. The molecule has 1 heterocycles. The summed E-state index contributed by atoms with van der Waals surface area (Å²) in [5.41, 5.74) is 1.02. The Hall–Kier alpha value is -1.72. The molecule has 0 aliphatic heterocycles. The molecule has 0 aliphatic carbocycles. The molecular weight excluding hydrogens is 259 g/mol. The SMILES string of the molecule is CN(Cc1coc(-c2cccc(F)c2)n1)C(C)(C)CO. The second-order valence-corrected chi connectivity index (χ2v) is 5.48. The molecule has 108 valence electrons. The molecule has 5 heteroatoms. The Morgan fingerprint density at radius 2 is 2.15 bits per heavy atom. The summed E-state index contributed by atoms with van der Waals surface area (Å²) in [5, 5.41) is 9.33. The summed E-state index contributed by atoms with van der Waals surface area (Å²) in [7, 11) is 1.91. The van der Waals surface area contributed by atoms with E-state index < -0.39 is 0 Å². The van der Waals surface area contributed by atoms with Crippen molar-refractivity contribution in [2.24, 2.45) is 0 Å². The summed E-state index contributed by atoms with van der Waals surface area (Å²) in [5.74, 6) is 0.0792. The number of aliphatic hydroxyl groups is 1. The van der Waals surface area contributed by atoms with Gasteiger partial charge < -0.3 is 9.52 Å². The lowest BCUT2D eigenvalue weighted by atomic mass is 10.1. The molecule has 0 amide bonds. The molecule has 1 N–H and O–H groups in total. The van der Waals surface area contributed by atoms with E-state index in [1.165, 1.54) is 12.1 Å². The minimum atomic E-state index is -0.335. The number of likely N-dealkylation sites (N-methyl/N-ethyl adjacent to an activating group) is 1. The number of halogens is 1. The number of rotatable bonds is 5. The van der Waals surface area contributed by atoms with Crippen LogP contribution in [0.2, 0.25) is 0 Å². The van der Waals surface area contributed by atoms with Gasteiger partial charge in [-0.3, -0.25) is 4.90 Å². The van der Waals surface area contributed by atoms with Gasteiger partial charge in [-0.25, -0.2) is 9.37 Å². The molecule has 0 spiro atoms. The minimum Gasteiger partial charge on any atom is -0.444 e. The zero-order chi connectivity index (χ0) is 14.8. The van der Waals surface area contributed by atoms with Crippen LogP contribution in [0.4, 0.5) is 4.39 Å². The number of hydrogen-bond acceptors (Lipinski definition) is 4. The first-order chi connectivity index (χ1) is 9.42. The van der Waals surface area contributed by atoms with Crippen LogP contribution in [0.3, 0.4) is 0 Å². The Morgan fingerprint density at radius 1 is 1.40 bits per heavy atom. The number of aliphatic hydroxyl groups excluding tert-OH is 1. The monoisotopic (exact) mass is 278 g/mol. The van der Waals surface area contributed by atoms with E-state index in [0.29, 0.717) is 18.0 Å². The maximum absolute atomic E-state index is 13.2. The quantitative estimate of drug-likeness (QED) is 0.913. The average Bonchev–Trinajstić information content (AvgIpc) is 2.87.